The first-order valence-corrected chi connectivity index (χ1v) is 11.0. The molecule has 3 heterocycles. The number of carbonyl (C=O) groups is 2. The fourth-order valence-electron chi connectivity index (χ4n) is 5.20. The molecule has 8 nitrogen and oxygen atoms in total. The number of rotatable bonds is 3. The third-order valence-electron chi connectivity index (χ3n) is 7.01. The summed E-state index contributed by atoms with van der Waals surface area (Å²) in [5.41, 5.74) is 0.00105. The number of aliphatic hydroxyl groups is 1. The number of aromatic nitrogens is 1. The summed E-state index contributed by atoms with van der Waals surface area (Å²) in [6, 6.07) is 1.85. The zero-order valence-electron chi connectivity index (χ0n) is 17.3. The highest BCUT2D eigenvalue weighted by molar-refractivity contribution is 6.33. The van der Waals surface area contributed by atoms with Crippen molar-refractivity contribution in [2.75, 3.05) is 36.5 Å². The van der Waals surface area contributed by atoms with Gasteiger partial charge in [-0.05, 0) is 51.0 Å². The van der Waals surface area contributed by atoms with Gasteiger partial charge in [-0.25, -0.2) is 9.78 Å². The zero-order valence-corrected chi connectivity index (χ0v) is 18.0. The molecular formula is C21H29ClN4O4. The number of amides is 2. The minimum atomic E-state index is -1.08. The van der Waals surface area contributed by atoms with Gasteiger partial charge < -0.3 is 20.0 Å². The van der Waals surface area contributed by atoms with E-state index in [-0.39, 0.29) is 18.1 Å². The summed E-state index contributed by atoms with van der Waals surface area (Å²) in [5.74, 6) is 0.831. The number of hydrogen-bond acceptors (Lipinski definition) is 5. The van der Waals surface area contributed by atoms with E-state index in [4.69, 9.17) is 16.7 Å². The molecule has 1 aliphatic carbocycles. The average Bonchev–Trinajstić information content (AvgIpc) is 3.03. The van der Waals surface area contributed by atoms with Gasteiger partial charge in [-0.15, -0.1) is 0 Å². The van der Waals surface area contributed by atoms with E-state index in [9.17, 15) is 14.7 Å². The molecule has 2 aliphatic heterocycles. The van der Waals surface area contributed by atoms with Gasteiger partial charge in [-0.3, -0.25) is 9.69 Å². The number of likely N-dealkylation sites (tertiary alicyclic amines) is 1. The maximum absolute atomic E-state index is 13.5. The lowest BCUT2D eigenvalue weighted by Crippen LogP contribution is -2.50. The van der Waals surface area contributed by atoms with Crippen molar-refractivity contribution in [3.05, 3.63) is 17.3 Å². The van der Waals surface area contributed by atoms with E-state index in [2.05, 4.69) is 14.8 Å². The fraction of sp³-hybridized carbons (Fsp3) is 0.667. The maximum atomic E-state index is 13.5. The van der Waals surface area contributed by atoms with Crippen molar-refractivity contribution in [3.63, 3.8) is 0 Å². The lowest BCUT2D eigenvalue weighted by molar-refractivity contribution is -0.139. The third-order valence-corrected chi connectivity index (χ3v) is 7.29. The van der Waals surface area contributed by atoms with E-state index in [1.54, 1.807) is 6.07 Å². The summed E-state index contributed by atoms with van der Waals surface area (Å²) >= 11 is 6.46. The van der Waals surface area contributed by atoms with Crippen LogP contribution in [-0.4, -0.2) is 70.9 Å². The second kappa shape index (κ2) is 8.23. The Kier molecular flexibility index (Phi) is 5.81. The number of carbonyl (C=O) groups excluding carboxylic acids is 1. The summed E-state index contributed by atoms with van der Waals surface area (Å²) in [6.07, 6.45) is 6.07. The van der Waals surface area contributed by atoms with E-state index >= 15 is 0 Å². The van der Waals surface area contributed by atoms with Gasteiger partial charge in [0.2, 0.25) is 5.91 Å². The molecule has 0 bridgehead atoms. The lowest BCUT2D eigenvalue weighted by Gasteiger charge is -2.41. The van der Waals surface area contributed by atoms with E-state index in [0.29, 0.717) is 23.1 Å². The molecule has 0 radical (unpaired) electrons. The smallest absolute Gasteiger partial charge is 0.411 e. The SMILES string of the molecule is CN(C(=O)O)c1cnc(N2CCCC3(CCN(C4CCC(O)CC4)C3=O)C2)c(Cl)c1. The van der Waals surface area contributed by atoms with Crippen LogP contribution in [0.2, 0.25) is 5.02 Å². The first kappa shape index (κ1) is 21.2. The fourth-order valence-corrected chi connectivity index (χ4v) is 5.48. The van der Waals surface area contributed by atoms with Crippen molar-refractivity contribution in [2.45, 2.75) is 57.1 Å². The predicted molar refractivity (Wildman–Crippen MR) is 114 cm³/mol. The number of carboxylic acid groups (broad SMARTS) is 1. The molecular weight excluding hydrogens is 408 g/mol. The van der Waals surface area contributed by atoms with Crippen molar-refractivity contribution in [2.24, 2.45) is 5.41 Å². The van der Waals surface area contributed by atoms with Crippen LogP contribution in [-0.2, 0) is 4.79 Å². The van der Waals surface area contributed by atoms with Crippen molar-refractivity contribution >= 4 is 35.1 Å². The molecule has 164 valence electrons. The standard InChI is InChI=1S/C21H29ClN4O4/c1-24(20(29)30)15-11-17(22)18(23-12-15)25-9-2-7-21(13-25)8-10-26(19(21)28)14-3-5-16(27)6-4-14/h11-12,14,16,27H,2-10,13H2,1H3,(H,29,30). The highest BCUT2D eigenvalue weighted by Gasteiger charge is 2.51. The van der Waals surface area contributed by atoms with Gasteiger partial charge in [0.1, 0.15) is 5.82 Å². The molecule has 1 aromatic rings. The summed E-state index contributed by atoms with van der Waals surface area (Å²) in [4.78, 5) is 34.3. The van der Waals surface area contributed by atoms with Gasteiger partial charge in [0.25, 0.3) is 0 Å². The summed E-state index contributed by atoms with van der Waals surface area (Å²) in [7, 11) is 1.45. The van der Waals surface area contributed by atoms with Crippen LogP contribution in [0.25, 0.3) is 0 Å². The molecule has 3 fully saturated rings. The van der Waals surface area contributed by atoms with Crippen molar-refractivity contribution in [1.82, 2.24) is 9.88 Å². The highest BCUT2D eigenvalue weighted by Crippen LogP contribution is 2.44. The number of hydrogen-bond donors (Lipinski definition) is 2. The molecule has 30 heavy (non-hydrogen) atoms. The number of piperidine rings is 1. The Balaban J connectivity index is 1.49. The Morgan fingerprint density at radius 1 is 1.27 bits per heavy atom. The lowest BCUT2D eigenvalue weighted by atomic mass is 9.78. The summed E-state index contributed by atoms with van der Waals surface area (Å²) in [5, 5.41) is 19.3. The van der Waals surface area contributed by atoms with Gasteiger partial charge >= 0.3 is 6.09 Å². The van der Waals surface area contributed by atoms with E-state index in [1.807, 2.05) is 0 Å². The molecule has 1 unspecified atom stereocenters. The molecule has 3 aliphatic rings. The second-order valence-corrected chi connectivity index (χ2v) is 9.26. The normalized spacial score (nSPS) is 29.5. The van der Waals surface area contributed by atoms with E-state index in [0.717, 1.165) is 62.9 Å². The molecule has 4 rings (SSSR count). The number of aliphatic hydroxyl groups excluding tert-OH is 1. The Labute approximate surface area is 181 Å². The molecule has 1 aromatic heterocycles. The molecule has 2 N–H and O–H groups in total. The monoisotopic (exact) mass is 436 g/mol. The summed E-state index contributed by atoms with van der Waals surface area (Å²) < 4.78 is 0. The van der Waals surface area contributed by atoms with Crippen LogP contribution in [0.4, 0.5) is 16.3 Å². The van der Waals surface area contributed by atoms with Gasteiger partial charge in [-0.2, -0.15) is 0 Å². The quantitative estimate of drug-likeness (QED) is 0.756. The predicted octanol–water partition coefficient (Wildman–Crippen LogP) is 2.97. The second-order valence-electron chi connectivity index (χ2n) is 8.86. The average molecular weight is 437 g/mol. The number of halogens is 1. The summed E-state index contributed by atoms with van der Waals surface area (Å²) in [6.45, 7) is 2.13. The number of pyridine rings is 1. The first-order chi connectivity index (χ1) is 14.3. The first-order valence-electron chi connectivity index (χ1n) is 10.7. The number of nitrogens with zero attached hydrogens (tertiary/aromatic N) is 4. The molecule has 1 saturated carbocycles. The Morgan fingerprint density at radius 3 is 2.67 bits per heavy atom. The van der Waals surface area contributed by atoms with Crippen LogP contribution in [0, 0.1) is 5.41 Å². The Bertz CT molecular complexity index is 829. The van der Waals surface area contributed by atoms with Crippen molar-refractivity contribution < 1.29 is 19.8 Å². The van der Waals surface area contributed by atoms with Crippen molar-refractivity contribution in [3.8, 4) is 0 Å². The van der Waals surface area contributed by atoms with Crippen LogP contribution in [0.1, 0.15) is 44.9 Å². The largest absolute Gasteiger partial charge is 0.465 e. The van der Waals surface area contributed by atoms with Gasteiger partial charge in [0, 0.05) is 32.7 Å². The zero-order chi connectivity index (χ0) is 21.5. The number of anilines is 2. The minimum Gasteiger partial charge on any atom is -0.465 e. The van der Waals surface area contributed by atoms with Crippen LogP contribution in [0.15, 0.2) is 12.3 Å². The van der Waals surface area contributed by atoms with Gasteiger partial charge in [0.05, 0.1) is 28.4 Å². The molecule has 2 saturated heterocycles. The molecule has 9 heteroatoms. The molecule has 2 amide bonds. The van der Waals surface area contributed by atoms with E-state index in [1.165, 1.54) is 13.2 Å². The highest BCUT2D eigenvalue weighted by atomic mass is 35.5. The molecule has 1 atom stereocenters. The molecule has 1 spiro atoms. The topological polar surface area (TPSA) is 97.2 Å². The maximum Gasteiger partial charge on any atom is 0.411 e. The van der Waals surface area contributed by atoms with Crippen LogP contribution in [0.3, 0.4) is 0 Å². The third kappa shape index (κ3) is 3.83. The van der Waals surface area contributed by atoms with E-state index < -0.39 is 11.5 Å². The molecule has 0 aromatic carbocycles. The van der Waals surface area contributed by atoms with Crippen LogP contribution in [0.5, 0.6) is 0 Å². The Hall–Kier alpha value is -2.06. The minimum absolute atomic E-state index is 0.227. The van der Waals surface area contributed by atoms with Gasteiger partial charge in [-0.1, -0.05) is 11.6 Å². The Morgan fingerprint density at radius 2 is 2.00 bits per heavy atom. The van der Waals surface area contributed by atoms with Crippen LogP contribution < -0.4 is 9.80 Å². The van der Waals surface area contributed by atoms with Crippen molar-refractivity contribution in [1.29, 1.82) is 0 Å². The van der Waals surface area contributed by atoms with Gasteiger partial charge in [0.15, 0.2) is 0 Å². The van der Waals surface area contributed by atoms with Crippen LogP contribution >= 0.6 is 11.6 Å².